The van der Waals surface area contributed by atoms with Crippen LogP contribution in [0.5, 0.6) is 0 Å². The van der Waals surface area contributed by atoms with Crippen molar-refractivity contribution in [3.8, 4) is 22.6 Å². The summed E-state index contributed by atoms with van der Waals surface area (Å²) in [5.74, 6) is 4.59. The van der Waals surface area contributed by atoms with E-state index in [9.17, 15) is 0 Å². The molecule has 0 bridgehead atoms. The van der Waals surface area contributed by atoms with Crippen LogP contribution in [-0.4, -0.2) is 0 Å². The van der Waals surface area contributed by atoms with E-state index in [-0.39, 0.29) is 10.1 Å². The van der Waals surface area contributed by atoms with Gasteiger partial charge in [0.2, 0.25) is 0 Å². The summed E-state index contributed by atoms with van der Waals surface area (Å²) in [6, 6.07) is 0. The molecule has 0 aliphatic rings. The molecule has 0 radical (unpaired) electrons. The summed E-state index contributed by atoms with van der Waals surface area (Å²) in [6.07, 6.45) is 0. The average Bonchev–Trinajstić information content (AvgIpc) is 1.89. The molecule has 0 aromatic rings. The second kappa shape index (κ2) is 5.78. The first kappa shape index (κ1) is 10.0. The van der Waals surface area contributed by atoms with Crippen molar-refractivity contribution in [2.24, 2.45) is 0 Å². The highest BCUT2D eigenvalue weighted by Gasteiger charge is 1.92. The molecular weight excluding hydrogens is 214 g/mol. The Bertz CT molecular complexity index is 227. The molecule has 0 aromatic heterocycles. The summed E-state index contributed by atoms with van der Waals surface area (Å²) in [6.45, 7) is 0. The lowest BCUT2D eigenvalue weighted by Gasteiger charge is -1.82. The number of rotatable bonds is 0. The number of allylic oxidation sites excluding steroid dienone is 2. The highest BCUT2D eigenvalue weighted by atomic mass is 35.5. The first-order valence-electron chi connectivity index (χ1n) is 2.01. The zero-order chi connectivity index (χ0) is 7.98. The summed E-state index contributed by atoms with van der Waals surface area (Å²) in [5, 5.41) is 4.26. The van der Waals surface area contributed by atoms with Crippen LogP contribution in [0.2, 0.25) is 0 Å². The molecule has 0 saturated heterocycles. The summed E-state index contributed by atoms with van der Waals surface area (Å²) in [5.41, 5.74) is 0. The van der Waals surface area contributed by atoms with E-state index in [0.29, 0.717) is 0 Å². The molecule has 0 aliphatic heterocycles. The van der Waals surface area contributed by atoms with Crippen LogP contribution in [0.15, 0.2) is 10.1 Å². The third-order valence-electron chi connectivity index (χ3n) is 0.507. The van der Waals surface area contributed by atoms with Crippen LogP contribution in [0.25, 0.3) is 0 Å². The van der Waals surface area contributed by atoms with Gasteiger partial charge in [-0.2, -0.15) is 0 Å². The Balaban J connectivity index is 4.56. The Labute approximate surface area is 79.1 Å². The van der Waals surface area contributed by atoms with Crippen molar-refractivity contribution >= 4 is 46.4 Å². The molecule has 0 N–H and O–H groups in total. The van der Waals surface area contributed by atoms with Crippen LogP contribution in [-0.2, 0) is 0 Å². The van der Waals surface area contributed by atoms with Gasteiger partial charge in [0, 0.05) is 10.8 Å². The van der Waals surface area contributed by atoms with Crippen molar-refractivity contribution in [3.63, 3.8) is 0 Å². The molecule has 0 saturated carbocycles. The normalized spacial score (nSPS) is 10.0. The topological polar surface area (TPSA) is 0 Å². The van der Waals surface area contributed by atoms with Crippen LogP contribution in [0.1, 0.15) is 0 Å². The molecule has 10 heavy (non-hydrogen) atoms. The van der Waals surface area contributed by atoms with Gasteiger partial charge < -0.3 is 0 Å². The predicted octanol–water partition coefficient (Wildman–Crippen LogP) is 3.08. The van der Waals surface area contributed by atoms with Gasteiger partial charge in [-0.15, -0.1) is 0 Å². The second-order valence-corrected chi connectivity index (χ2v) is 2.20. The zero-order valence-corrected chi connectivity index (χ0v) is 7.54. The lowest BCUT2D eigenvalue weighted by molar-refractivity contribution is 1.97. The van der Waals surface area contributed by atoms with E-state index in [0.717, 1.165) is 0 Å². The van der Waals surface area contributed by atoms with Gasteiger partial charge in [0.05, 0.1) is 0 Å². The van der Waals surface area contributed by atoms with Gasteiger partial charge in [-0.1, -0.05) is 23.2 Å². The molecule has 4 heteroatoms. The SMILES string of the molecule is ClC#C/C(Cl)=C(\Cl)C#CCl. The zero-order valence-electron chi connectivity index (χ0n) is 4.51. The van der Waals surface area contributed by atoms with E-state index in [4.69, 9.17) is 46.4 Å². The molecule has 0 rings (SSSR count). The Kier molecular flexibility index (Phi) is 5.79. The van der Waals surface area contributed by atoms with Crippen LogP contribution in [0.3, 0.4) is 0 Å². The highest BCUT2D eigenvalue weighted by Crippen LogP contribution is 2.11. The van der Waals surface area contributed by atoms with Gasteiger partial charge in [-0.3, -0.25) is 0 Å². The van der Waals surface area contributed by atoms with Gasteiger partial charge >= 0.3 is 0 Å². The van der Waals surface area contributed by atoms with Crippen LogP contribution in [0, 0.1) is 22.6 Å². The van der Waals surface area contributed by atoms with E-state index < -0.39 is 0 Å². The van der Waals surface area contributed by atoms with Crippen molar-refractivity contribution in [2.45, 2.75) is 0 Å². The van der Waals surface area contributed by atoms with Gasteiger partial charge in [0.15, 0.2) is 0 Å². The standard InChI is InChI=1S/C6Cl4/c7-3-1-5(9)6(10)2-4-8/b6-5+. The van der Waals surface area contributed by atoms with Crippen LogP contribution < -0.4 is 0 Å². The van der Waals surface area contributed by atoms with E-state index in [1.165, 1.54) is 0 Å². The first-order chi connectivity index (χ1) is 4.72. The maximum atomic E-state index is 5.44. The first-order valence-corrected chi connectivity index (χ1v) is 3.52. The molecule has 0 amide bonds. The molecule has 0 atom stereocenters. The predicted molar refractivity (Wildman–Crippen MR) is 46.0 cm³/mol. The average molecular weight is 214 g/mol. The minimum Gasteiger partial charge on any atom is -0.0720 e. The summed E-state index contributed by atoms with van der Waals surface area (Å²) in [4.78, 5) is 0. The molecule has 0 aliphatic carbocycles. The van der Waals surface area contributed by atoms with Crippen molar-refractivity contribution in [3.05, 3.63) is 10.1 Å². The molecular formula is C6Cl4. The maximum Gasteiger partial charge on any atom is 0.119 e. The number of hydrogen-bond acceptors (Lipinski definition) is 0. The fourth-order valence-electron chi connectivity index (χ4n) is 0.193. The van der Waals surface area contributed by atoms with Crippen molar-refractivity contribution < 1.29 is 0 Å². The van der Waals surface area contributed by atoms with Crippen molar-refractivity contribution in [1.82, 2.24) is 0 Å². The van der Waals surface area contributed by atoms with E-state index >= 15 is 0 Å². The smallest absolute Gasteiger partial charge is 0.0720 e. The lowest BCUT2D eigenvalue weighted by Crippen LogP contribution is -1.68. The van der Waals surface area contributed by atoms with Crippen molar-refractivity contribution in [1.29, 1.82) is 0 Å². The minimum absolute atomic E-state index is 0.0878. The van der Waals surface area contributed by atoms with Crippen molar-refractivity contribution in [2.75, 3.05) is 0 Å². The summed E-state index contributed by atoms with van der Waals surface area (Å²) >= 11 is 20.9. The number of halogens is 4. The largest absolute Gasteiger partial charge is 0.119 e. The quantitative estimate of drug-likeness (QED) is 0.543. The monoisotopic (exact) mass is 212 g/mol. The fraction of sp³-hybridized carbons (Fsp3) is 0. The van der Waals surface area contributed by atoms with E-state index in [1.54, 1.807) is 0 Å². The Hall–Kier alpha value is 0.0200. The third-order valence-corrected chi connectivity index (χ3v) is 1.36. The Morgan fingerprint density at radius 3 is 1.30 bits per heavy atom. The highest BCUT2D eigenvalue weighted by molar-refractivity contribution is 6.43. The fourth-order valence-corrected chi connectivity index (χ4v) is 0.667. The lowest BCUT2D eigenvalue weighted by atomic mass is 10.5. The molecule has 0 nitrogen and oxygen atoms in total. The van der Waals surface area contributed by atoms with Crippen LogP contribution >= 0.6 is 46.4 Å². The Morgan fingerprint density at radius 1 is 0.800 bits per heavy atom. The maximum absolute atomic E-state index is 5.44. The molecule has 0 heterocycles. The molecule has 0 fully saturated rings. The minimum atomic E-state index is 0.0878. The molecule has 0 spiro atoms. The number of hydrogen-bond donors (Lipinski definition) is 0. The van der Waals surface area contributed by atoms with Gasteiger partial charge in [0.25, 0.3) is 0 Å². The Morgan fingerprint density at radius 2 is 1.10 bits per heavy atom. The summed E-state index contributed by atoms with van der Waals surface area (Å²) in [7, 11) is 0. The van der Waals surface area contributed by atoms with E-state index in [2.05, 4.69) is 11.8 Å². The molecule has 0 aromatic carbocycles. The van der Waals surface area contributed by atoms with Gasteiger partial charge in [-0.05, 0) is 35.0 Å². The third kappa shape index (κ3) is 3.94. The summed E-state index contributed by atoms with van der Waals surface area (Å²) < 4.78 is 0. The van der Waals surface area contributed by atoms with Gasteiger partial charge in [0.1, 0.15) is 10.1 Å². The molecule has 52 valence electrons. The van der Waals surface area contributed by atoms with E-state index in [1.807, 2.05) is 10.8 Å². The molecule has 0 unspecified atom stereocenters. The second-order valence-electron chi connectivity index (χ2n) is 1.07. The van der Waals surface area contributed by atoms with Crippen LogP contribution in [0.4, 0.5) is 0 Å². The van der Waals surface area contributed by atoms with Gasteiger partial charge in [-0.25, -0.2) is 0 Å².